The molecule has 8 heteroatoms. The summed E-state index contributed by atoms with van der Waals surface area (Å²) in [7, 11) is -5.17. The summed E-state index contributed by atoms with van der Waals surface area (Å²) in [4.78, 5) is -1.42. The quantitative estimate of drug-likeness (QED) is 0.580. The Bertz CT molecular complexity index is 922. The van der Waals surface area contributed by atoms with Crippen LogP contribution in [0.2, 0.25) is 0 Å². The fourth-order valence-electron chi connectivity index (χ4n) is 3.32. The molecule has 140 valence electrons. The molecule has 0 amide bonds. The lowest BCUT2D eigenvalue weighted by atomic mass is 9.84. The van der Waals surface area contributed by atoms with Gasteiger partial charge in [0.25, 0.3) is 0 Å². The van der Waals surface area contributed by atoms with Gasteiger partial charge in [-0.2, -0.15) is 8.42 Å². The molecule has 0 heterocycles. The van der Waals surface area contributed by atoms with Crippen molar-refractivity contribution in [2.45, 2.75) is 42.9 Å². The third-order valence-electron chi connectivity index (χ3n) is 4.53. The van der Waals surface area contributed by atoms with Crippen LogP contribution in [-0.2, 0) is 10.1 Å². The number of hydrogen-bond acceptors (Lipinski definition) is 3. The average molecular weight is 386 g/mol. The lowest BCUT2D eigenvalue weighted by Crippen LogP contribution is -2.10. The van der Waals surface area contributed by atoms with Gasteiger partial charge in [-0.3, -0.25) is 4.55 Å². The van der Waals surface area contributed by atoms with Gasteiger partial charge in [0.05, 0.1) is 0 Å². The molecular weight excluding hydrogens is 369 g/mol. The normalized spacial score (nSPS) is 15.8. The first-order valence-electron chi connectivity index (χ1n) is 8.21. The summed E-state index contributed by atoms with van der Waals surface area (Å²) < 4.78 is 78.6. The maximum Gasteiger partial charge on any atom is 0.301 e. The van der Waals surface area contributed by atoms with Crippen molar-refractivity contribution >= 4 is 10.1 Å². The molecule has 1 aliphatic rings. The Hall–Kier alpha value is -2.06. The topological polar surface area (TPSA) is 63.6 Å². The molecule has 0 atom stereocenters. The van der Waals surface area contributed by atoms with E-state index in [0.29, 0.717) is 6.07 Å². The number of ether oxygens (including phenoxy) is 1. The molecule has 0 aliphatic heterocycles. The van der Waals surface area contributed by atoms with Crippen LogP contribution in [0.4, 0.5) is 13.2 Å². The molecule has 2 aromatic rings. The predicted octanol–water partition coefficient (Wildman–Crippen LogP) is 5.19. The number of hydrogen-bond donors (Lipinski definition) is 1. The van der Waals surface area contributed by atoms with E-state index in [4.69, 9.17) is 4.74 Å². The Morgan fingerprint density at radius 3 is 2.27 bits per heavy atom. The molecule has 1 saturated carbocycles. The Labute approximate surface area is 149 Å². The second-order valence-electron chi connectivity index (χ2n) is 6.26. The van der Waals surface area contributed by atoms with Crippen LogP contribution >= 0.6 is 0 Å². The van der Waals surface area contributed by atoms with E-state index < -0.39 is 38.2 Å². The second-order valence-corrected chi connectivity index (χ2v) is 7.62. The Morgan fingerprint density at radius 2 is 1.62 bits per heavy atom. The van der Waals surface area contributed by atoms with Gasteiger partial charge in [-0.1, -0.05) is 37.5 Å². The van der Waals surface area contributed by atoms with Crippen LogP contribution in [0, 0.1) is 17.5 Å². The molecule has 1 N–H and O–H groups in total. The summed E-state index contributed by atoms with van der Waals surface area (Å²) in [5, 5.41) is 0. The molecule has 0 saturated heterocycles. The first-order chi connectivity index (χ1) is 12.3. The van der Waals surface area contributed by atoms with Gasteiger partial charge in [0.15, 0.2) is 28.1 Å². The molecule has 4 nitrogen and oxygen atoms in total. The Balaban J connectivity index is 2.08. The summed E-state index contributed by atoms with van der Waals surface area (Å²) in [5.41, 5.74) is 0.777. The summed E-state index contributed by atoms with van der Waals surface area (Å²) >= 11 is 0. The first kappa shape index (κ1) is 18.7. The highest BCUT2D eigenvalue weighted by atomic mass is 32.2. The van der Waals surface area contributed by atoms with Crippen molar-refractivity contribution in [2.24, 2.45) is 0 Å². The average Bonchev–Trinajstić information content (AvgIpc) is 2.60. The van der Waals surface area contributed by atoms with Gasteiger partial charge in [-0.15, -0.1) is 0 Å². The second kappa shape index (κ2) is 7.28. The molecule has 1 fully saturated rings. The zero-order chi connectivity index (χ0) is 18.9. The molecular formula is C18H17F3O4S. The fraction of sp³-hybridized carbons (Fsp3) is 0.333. The molecule has 0 aromatic heterocycles. The summed E-state index contributed by atoms with van der Waals surface area (Å²) in [6, 6.07) is 7.17. The minimum absolute atomic E-state index is 0.171. The minimum atomic E-state index is -5.17. The van der Waals surface area contributed by atoms with Crippen molar-refractivity contribution in [1.29, 1.82) is 0 Å². The molecule has 1 aliphatic carbocycles. The van der Waals surface area contributed by atoms with Crippen molar-refractivity contribution in [1.82, 2.24) is 0 Å². The monoisotopic (exact) mass is 386 g/mol. The van der Waals surface area contributed by atoms with E-state index in [1.165, 1.54) is 6.07 Å². The predicted molar refractivity (Wildman–Crippen MR) is 88.5 cm³/mol. The summed E-state index contributed by atoms with van der Waals surface area (Å²) in [6.45, 7) is 0. The lowest BCUT2D eigenvalue weighted by molar-refractivity contribution is 0.383. The molecule has 26 heavy (non-hydrogen) atoms. The van der Waals surface area contributed by atoms with Crippen LogP contribution in [0.1, 0.15) is 43.6 Å². The van der Waals surface area contributed by atoms with E-state index in [2.05, 4.69) is 0 Å². The SMILES string of the molecule is O=S(=O)(O)c1c(Oc2ccccc2C2CCCCC2)cc(F)c(F)c1F. The summed E-state index contributed by atoms with van der Waals surface area (Å²) in [5.74, 6) is -6.03. The van der Waals surface area contributed by atoms with Crippen molar-refractivity contribution in [2.75, 3.05) is 0 Å². The Kier molecular flexibility index (Phi) is 5.24. The zero-order valence-corrected chi connectivity index (χ0v) is 14.5. The van der Waals surface area contributed by atoms with E-state index >= 15 is 0 Å². The van der Waals surface area contributed by atoms with Crippen LogP contribution in [0.15, 0.2) is 35.2 Å². The van der Waals surface area contributed by atoms with E-state index in [-0.39, 0.29) is 11.7 Å². The number of benzene rings is 2. The number of halogens is 3. The fourth-order valence-corrected chi connectivity index (χ4v) is 3.99. The van der Waals surface area contributed by atoms with Crippen molar-refractivity contribution in [3.8, 4) is 11.5 Å². The van der Waals surface area contributed by atoms with Gasteiger partial charge < -0.3 is 4.74 Å². The van der Waals surface area contributed by atoms with Crippen molar-refractivity contribution in [3.05, 3.63) is 53.3 Å². The largest absolute Gasteiger partial charge is 0.455 e. The standard InChI is InChI=1S/C18H17F3O4S/c19-13-10-15(18(26(22,23)24)17(21)16(13)20)25-14-9-5-4-8-12(14)11-6-2-1-3-7-11/h4-5,8-11H,1-3,6-7H2,(H,22,23,24). The smallest absolute Gasteiger partial charge is 0.301 e. The maximum absolute atomic E-state index is 13.9. The minimum Gasteiger partial charge on any atom is -0.455 e. The highest BCUT2D eigenvalue weighted by Gasteiger charge is 2.29. The third kappa shape index (κ3) is 3.71. The van der Waals surface area contributed by atoms with E-state index in [9.17, 15) is 26.1 Å². The van der Waals surface area contributed by atoms with Crippen LogP contribution in [0.3, 0.4) is 0 Å². The van der Waals surface area contributed by atoms with Gasteiger partial charge in [-0.05, 0) is 30.4 Å². The van der Waals surface area contributed by atoms with Crippen molar-refractivity contribution in [3.63, 3.8) is 0 Å². The lowest BCUT2D eigenvalue weighted by Gasteiger charge is -2.24. The molecule has 0 radical (unpaired) electrons. The van der Waals surface area contributed by atoms with Crippen LogP contribution in [0.25, 0.3) is 0 Å². The van der Waals surface area contributed by atoms with Gasteiger partial charge >= 0.3 is 10.1 Å². The van der Waals surface area contributed by atoms with E-state index in [1.807, 2.05) is 0 Å². The van der Waals surface area contributed by atoms with Crippen molar-refractivity contribution < 1.29 is 30.9 Å². The highest BCUT2D eigenvalue weighted by molar-refractivity contribution is 7.86. The number of rotatable bonds is 4. The summed E-state index contributed by atoms with van der Waals surface area (Å²) in [6.07, 6.45) is 5.03. The highest BCUT2D eigenvalue weighted by Crippen LogP contribution is 2.40. The molecule has 0 unspecified atom stereocenters. The van der Waals surface area contributed by atoms with Crippen LogP contribution in [-0.4, -0.2) is 13.0 Å². The number of para-hydroxylation sites is 1. The first-order valence-corrected chi connectivity index (χ1v) is 9.65. The zero-order valence-electron chi connectivity index (χ0n) is 13.7. The van der Waals surface area contributed by atoms with E-state index in [0.717, 1.165) is 37.7 Å². The van der Waals surface area contributed by atoms with Gasteiger partial charge in [0.2, 0.25) is 0 Å². The molecule has 0 bridgehead atoms. The maximum atomic E-state index is 13.9. The molecule has 0 spiro atoms. The van der Waals surface area contributed by atoms with E-state index in [1.54, 1.807) is 18.2 Å². The third-order valence-corrected chi connectivity index (χ3v) is 5.42. The van der Waals surface area contributed by atoms with Gasteiger partial charge in [-0.25, -0.2) is 13.2 Å². The molecule has 2 aromatic carbocycles. The molecule has 3 rings (SSSR count). The van der Waals surface area contributed by atoms with Gasteiger partial charge in [0, 0.05) is 6.07 Å². The Morgan fingerprint density at radius 1 is 0.962 bits per heavy atom. The van der Waals surface area contributed by atoms with Crippen LogP contribution < -0.4 is 4.74 Å². The van der Waals surface area contributed by atoms with Crippen LogP contribution in [0.5, 0.6) is 11.5 Å². The van der Waals surface area contributed by atoms with Gasteiger partial charge in [0.1, 0.15) is 5.75 Å².